The van der Waals surface area contributed by atoms with Crippen molar-refractivity contribution in [2.24, 2.45) is 29.1 Å². The van der Waals surface area contributed by atoms with Crippen molar-refractivity contribution in [2.45, 2.75) is 65.2 Å². The van der Waals surface area contributed by atoms with E-state index in [0.717, 1.165) is 42.2 Å². The molecule has 0 aromatic heterocycles. The van der Waals surface area contributed by atoms with E-state index in [2.05, 4.69) is 19.9 Å². The highest BCUT2D eigenvalue weighted by atomic mass is 16.2. The molecule has 0 aromatic rings. The lowest BCUT2D eigenvalue weighted by Crippen LogP contribution is -2.47. The van der Waals surface area contributed by atoms with Gasteiger partial charge in [-0.05, 0) is 80.1 Å². The van der Waals surface area contributed by atoms with Gasteiger partial charge in [0.15, 0.2) is 0 Å². The number of aliphatic hydroxyl groups is 1. The fraction of sp³-hybridized carbons (Fsp3) is 0.842. The predicted molar refractivity (Wildman–Crippen MR) is 87.6 cm³/mol. The molecule has 118 valence electrons. The Balaban J connectivity index is 1.85. The van der Waals surface area contributed by atoms with Gasteiger partial charge in [-0.25, -0.2) is 0 Å². The summed E-state index contributed by atoms with van der Waals surface area (Å²) in [6.07, 6.45) is 11.8. The van der Waals surface area contributed by atoms with Gasteiger partial charge < -0.3 is 10.5 Å². The molecule has 2 N–H and O–H groups in total. The van der Waals surface area contributed by atoms with Crippen LogP contribution in [-0.4, -0.2) is 17.4 Å². The predicted octanol–water partition coefficient (Wildman–Crippen LogP) is 4.58. The van der Waals surface area contributed by atoms with Crippen molar-refractivity contribution in [3.8, 4) is 0 Å². The molecule has 3 rings (SSSR count). The van der Waals surface area contributed by atoms with E-state index in [1.54, 1.807) is 5.57 Å². The molecule has 0 saturated heterocycles. The van der Waals surface area contributed by atoms with Crippen molar-refractivity contribution in [3.63, 3.8) is 0 Å². The topological polar surface area (TPSA) is 44.1 Å². The molecule has 0 aromatic carbocycles. The number of fused-ring (bicyclic) bond motifs is 3. The average Bonchev–Trinajstić information content (AvgIpc) is 2.47. The summed E-state index contributed by atoms with van der Waals surface area (Å²) in [5.74, 6) is 3.32. The summed E-state index contributed by atoms with van der Waals surface area (Å²) in [6, 6.07) is 0. The summed E-state index contributed by atoms with van der Waals surface area (Å²) in [5.41, 5.74) is 2.79. The highest BCUT2D eigenvalue weighted by Crippen LogP contribution is 2.59. The average molecular weight is 289 g/mol. The van der Waals surface area contributed by atoms with E-state index in [1.165, 1.54) is 38.5 Å². The van der Waals surface area contributed by atoms with Crippen LogP contribution in [0, 0.1) is 34.5 Å². The monoisotopic (exact) mass is 289 g/mol. The van der Waals surface area contributed by atoms with E-state index < -0.39 is 0 Å². The van der Waals surface area contributed by atoms with Gasteiger partial charge in [-0.2, -0.15) is 0 Å². The normalized spacial score (nSPS) is 43.0. The number of rotatable bonds is 3. The highest BCUT2D eigenvalue weighted by molar-refractivity contribution is 5.94. The summed E-state index contributed by atoms with van der Waals surface area (Å²) < 4.78 is 0. The molecular formula is C19H31NO. The highest BCUT2D eigenvalue weighted by Gasteiger charge is 2.50. The van der Waals surface area contributed by atoms with Crippen molar-refractivity contribution in [1.29, 1.82) is 5.41 Å². The van der Waals surface area contributed by atoms with Gasteiger partial charge >= 0.3 is 0 Å². The van der Waals surface area contributed by atoms with Crippen LogP contribution in [0.15, 0.2) is 11.6 Å². The molecule has 2 heteroatoms. The molecule has 3 aliphatic rings. The fourth-order valence-corrected chi connectivity index (χ4v) is 5.73. The maximum Gasteiger partial charge on any atom is 0.0431 e. The smallest absolute Gasteiger partial charge is 0.0431 e. The molecule has 0 radical (unpaired) electrons. The van der Waals surface area contributed by atoms with E-state index in [0.29, 0.717) is 12.0 Å². The first-order chi connectivity index (χ1) is 10.1. The second kappa shape index (κ2) is 5.87. The van der Waals surface area contributed by atoms with E-state index in [1.807, 2.05) is 0 Å². The number of hydrogen-bond donors (Lipinski definition) is 2. The van der Waals surface area contributed by atoms with Crippen LogP contribution < -0.4 is 0 Å². The van der Waals surface area contributed by atoms with E-state index in [-0.39, 0.29) is 0 Å². The minimum absolute atomic E-state index is 0.347. The molecule has 0 heterocycles. The summed E-state index contributed by atoms with van der Waals surface area (Å²) >= 11 is 0. The molecule has 2 saturated carbocycles. The van der Waals surface area contributed by atoms with Gasteiger partial charge in [-0.15, -0.1) is 0 Å². The third-order valence-corrected chi connectivity index (χ3v) is 6.99. The lowest BCUT2D eigenvalue weighted by molar-refractivity contribution is -0.00773. The molecule has 3 aliphatic carbocycles. The van der Waals surface area contributed by atoms with Gasteiger partial charge in [0.25, 0.3) is 0 Å². The summed E-state index contributed by atoms with van der Waals surface area (Å²) in [4.78, 5) is 0. The second-order valence-electron chi connectivity index (χ2n) is 8.01. The number of allylic oxidation sites excluding steroid dienone is 2. The molecule has 2 nitrogen and oxygen atoms in total. The van der Waals surface area contributed by atoms with Gasteiger partial charge in [0.05, 0.1) is 0 Å². The minimum atomic E-state index is 0.347. The Morgan fingerprint density at radius 2 is 2.10 bits per heavy atom. The second-order valence-corrected chi connectivity index (χ2v) is 8.01. The minimum Gasteiger partial charge on any atom is -0.396 e. The van der Waals surface area contributed by atoms with Crippen molar-refractivity contribution in [3.05, 3.63) is 11.6 Å². The SMILES string of the molecule is C[C@@H]1CCC2C(CCC3=CC(=N)CC[C@@]32C)C1CCCO. The lowest BCUT2D eigenvalue weighted by atomic mass is 9.49. The summed E-state index contributed by atoms with van der Waals surface area (Å²) in [7, 11) is 0. The van der Waals surface area contributed by atoms with Gasteiger partial charge in [0.1, 0.15) is 0 Å². The number of nitrogens with one attached hydrogen (secondary N) is 1. The Morgan fingerprint density at radius 3 is 2.86 bits per heavy atom. The standard InChI is InChI=1S/C19H31NO/c1-13-5-8-18-17(16(13)4-3-11-21)7-6-14-12-15(20)9-10-19(14,18)2/h12-13,16-18,20-21H,3-11H2,1-2H3/t13-,16?,17?,18?,19+/m1/s1. The zero-order valence-electron chi connectivity index (χ0n) is 13.7. The Bertz CT molecular complexity index is 441. The van der Waals surface area contributed by atoms with Crippen LogP contribution in [0.3, 0.4) is 0 Å². The van der Waals surface area contributed by atoms with Crippen LogP contribution in [0.25, 0.3) is 0 Å². The van der Waals surface area contributed by atoms with Crippen LogP contribution in [-0.2, 0) is 0 Å². The van der Waals surface area contributed by atoms with Crippen molar-refractivity contribution in [1.82, 2.24) is 0 Å². The van der Waals surface area contributed by atoms with E-state index in [9.17, 15) is 5.11 Å². The maximum absolute atomic E-state index is 9.21. The largest absolute Gasteiger partial charge is 0.396 e. The zero-order valence-corrected chi connectivity index (χ0v) is 13.7. The first kappa shape index (κ1) is 15.3. The first-order valence-electron chi connectivity index (χ1n) is 8.95. The Labute approximate surface area is 129 Å². The molecule has 3 unspecified atom stereocenters. The third kappa shape index (κ3) is 2.60. The summed E-state index contributed by atoms with van der Waals surface area (Å²) in [5, 5.41) is 17.2. The Hall–Kier alpha value is -0.630. The molecule has 5 atom stereocenters. The Kier molecular flexibility index (Phi) is 4.27. The van der Waals surface area contributed by atoms with Crippen LogP contribution >= 0.6 is 0 Å². The van der Waals surface area contributed by atoms with E-state index in [4.69, 9.17) is 5.41 Å². The van der Waals surface area contributed by atoms with E-state index >= 15 is 0 Å². The molecule has 21 heavy (non-hydrogen) atoms. The number of aliphatic hydroxyl groups excluding tert-OH is 1. The quantitative estimate of drug-likeness (QED) is 0.785. The van der Waals surface area contributed by atoms with Gasteiger partial charge in [-0.1, -0.05) is 25.8 Å². The number of hydrogen-bond acceptors (Lipinski definition) is 2. The van der Waals surface area contributed by atoms with Gasteiger partial charge in [0.2, 0.25) is 0 Å². The van der Waals surface area contributed by atoms with Crippen LogP contribution in [0.2, 0.25) is 0 Å². The molecule has 0 aliphatic heterocycles. The van der Waals surface area contributed by atoms with Gasteiger partial charge in [0, 0.05) is 12.3 Å². The molecule has 0 amide bonds. The molecule has 0 spiro atoms. The van der Waals surface area contributed by atoms with Crippen LogP contribution in [0.4, 0.5) is 0 Å². The summed E-state index contributed by atoms with van der Waals surface area (Å²) in [6.45, 7) is 5.27. The zero-order chi connectivity index (χ0) is 15.0. The lowest BCUT2D eigenvalue weighted by Gasteiger charge is -2.55. The molecule has 2 fully saturated rings. The third-order valence-electron chi connectivity index (χ3n) is 6.99. The van der Waals surface area contributed by atoms with Crippen LogP contribution in [0.5, 0.6) is 0 Å². The molecule has 0 bridgehead atoms. The fourth-order valence-electron chi connectivity index (χ4n) is 5.73. The Morgan fingerprint density at radius 1 is 1.29 bits per heavy atom. The van der Waals surface area contributed by atoms with Crippen molar-refractivity contribution >= 4 is 5.71 Å². The van der Waals surface area contributed by atoms with Crippen molar-refractivity contribution < 1.29 is 5.11 Å². The van der Waals surface area contributed by atoms with Gasteiger partial charge in [-0.3, -0.25) is 0 Å². The van der Waals surface area contributed by atoms with Crippen LogP contribution in [0.1, 0.15) is 65.2 Å². The van der Waals surface area contributed by atoms with Crippen molar-refractivity contribution in [2.75, 3.05) is 6.61 Å². The maximum atomic E-state index is 9.21. The molecular weight excluding hydrogens is 258 g/mol. The first-order valence-corrected chi connectivity index (χ1v) is 8.95.